The van der Waals surface area contributed by atoms with Crippen molar-refractivity contribution in [3.63, 3.8) is 0 Å². The fraction of sp³-hybridized carbons (Fsp3) is 0.533. The van der Waals surface area contributed by atoms with E-state index < -0.39 is 0 Å². The van der Waals surface area contributed by atoms with Crippen molar-refractivity contribution in [3.05, 3.63) is 33.3 Å². The van der Waals surface area contributed by atoms with E-state index in [2.05, 4.69) is 27.3 Å². The lowest BCUT2D eigenvalue weighted by Crippen LogP contribution is -2.32. The second-order valence-electron chi connectivity index (χ2n) is 5.08. The van der Waals surface area contributed by atoms with Crippen LogP contribution in [0.3, 0.4) is 0 Å². The molecule has 4 heteroatoms. The van der Waals surface area contributed by atoms with E-state index in [9.17, 15) is 5.26 Å². The Morgan fingerprint density at radius 3 is 2.58 bits per heavy atom. The summed E-state index contributed by atoms with van der Waals surface area (Å²) in [6.45, 7) is 0. The van der Waals surface area contributed by atoms with Crippen LogP contribution in [-0.4, -0.2) is 6.04 Å². The van der Waals surface area contributed by atoms with E-state index in [1.54, 1.807) is 0 Å². The van der Waals surface area contributed by atoms with Crippen LogP contribution >= 0.6 is 27.5 Å². The van der Waals surface area contributed by atoms with Crippen molar-refractivity contribution in [2.24, 2.45) is 0 Å². The molecule has 1 N–H and O–H groups in total. The van der Waals surface area contributed by atoms with Crippen LogP contribution in [0.15, 0.2) is 22.7 Å². The molecule has 1 aromatic carbocycles. The van der Waals surface area contributed by atoms with Gasteiger partial charge in [0.15, 0.2) is 0 Å². The smallest absolute Gasteiger partial charge is 0.123 e. The number of nitrogens with one attached hydrogen (secondary N) is 1. The molecule has 1 saturated carbocycles. The van der Waals surface area contributed by atoms with E-state index >= 15 is 0 Å². The quantitative estimate of drug-likeness (QED) is 0.787. The maximum atomic E-state index is 9.41. The first-order valence-corrected chi connectivity index (χ1v) is 7.98. The number of hydrogen-bond donors (Lipinski definition) is 1. The molecule has 0 aromatic heterocycles. The Kier molecular flexibility index (Phi) is 5.69. The Morgan fingerprint density at radius 2 is 1.95 bits per heavy atom. The van der Waals surface area contributed by atoms with Gasteiger partial charge in [-0.15, -0.1) is 0 Å². The summed E-state index contributed by atoms with van der Waals surface area (Å²) in [5, 5.41) is 13.5. The maximum absolute atomic E-state index is 9.41. The minimum Gasteiger partial charge on any atom is -0.295 e. The average molecular weight is 342 g/mol. The van der Waals surface area contributed by atoms with Crippen molar-refractivity contribution in [2.75, 3.05) is 0 Å². The van der Waals surface area contributed by atoms with Crippen molar-refractivity contribution >= 4 is 27.5 Å². The molecule has 0 bridgehead atoms. The SMILES string of the molecule is N#CC(NC1CCCCCC1)c1cc(Br)ccc1Cl. The van der Waals surface area contributed by atoms with E-state index in [1.807, 2.05) is 18.2 Å². The van der Waals surface area contributed by atoms with Gasteiger partial charge in [0.2, 0.25) is 0 Å². The van der Waals surface area contributed by atoms with Gasteiger partial charge in [0.05, 0.1) is 6.07 Å². The van der Waals surface area contributed by atoms with Crippen LogP contribution in [0.1, 0.15) is 50.1 Å². The minimum atomic E-state index is -0.326. The van der Waals surface area contributed by atoms with E-state index in [1.165, 1.54) is 25.7 Å². The van der Waals surface area contributed by atoms with Crippen LogP contribution in [0.4, 0.5) is 0 Å². The van der Waals surface area contributed by atoms with Gasteiger partial charge < -0.3 is 0 Å². The fourth-order valence-corrected chi connectivity index (χ4v) is 3.22. The van der Waals surface area contributed by atoms with Crippen LogP contribution in [0.2, 0.25) is 5.02 Å². The molecule has 19 heavy (non-hydrogen) atoms. The molecule has 0 saturated heterocycles. The van der Waals surface area contributed by atoms with Crippen molar-refractivity contribution in [2.45, 2.75) is 50.6 Å². The highest BCUT2D eigenvalue weighted by atomic mass is 79.9. The predicted molar refractivity (Wildman–Crippen MR) is 82.1 cm³/mol. The normalized spacial score (nSPS) is 18.6. The largest absolute Gasteiger partial charge is 0.295 e. The first kappa shape index (κ1) is 14.8. The second kappa shape index (κ2) is 7.28. The Labute approximate surface area is 128 Å². The molecule has 1 aliphatic carbocycles. The standard InChI is InChI=1S/C15H18BrClN2/c16-11-7-8-14(17)13(9-11)15(10-18)19-12-5-3-1-2-4-6-12/h7-9,12,15,19H,1-6H2. The molecule has 0 spiro atoms. The molecule has 1 fully saturated rings. The van der Waals surface area contributed by atoms with Crippen LogP contribution < -0.4 is 5.32 Å². The molecule has 1 unspecified atom stereocenters. The van der Waals surface area contributed by atoms with Gasteiger partial charge in [-0.05, 0) is 31.0 Å². The Balaban J connectivity index is 2.11. The Morgan fingerprint density at radius 1 is 1.26 bits per heavy atom. The molecular weight excluding hydrogens is 324 g/mol. The van der Waals surface area contributed by atoms with Gasteiger partial charge in [-0.2, -0.15) is 5.26 Å². The predicted octanol–water partition coefficient (Wildman–Crippen LogP) is 4.98. The summed E-state index contributed by atoms with van der Waals surface area (Å²) >= 11 is 9.64. The molecule has 0 aliphatic heterocycles. The van der Waals surface area contributed by atoms with Gasteiger partial charge in [0.1, 0.15) is 6.04 Å². The third-order valence-corrected chi connectivity index (χ3v) is 4.49. The van der Waals surface area contributed by atoms with Crippen molar-refractivity contribution in [1.82, 2.24) is 5.32 Å². The molecule has 1 aromatic rings. The molecule has 0 heterocycles. The molecule has 1 atom stereocenters. The second-order valence-corrected chi connectivity index (χ2v) is 6.41. The molecule has 0 radical (unpaired) electrons. The molecular formula is C15H18BrClN2. The van der Waals surface area contributed by atoms with Crippen LogP contribution in [0.5, 0.6) is 0 Å². The Bertz CT molecular complexity index is 462. The fourth-order valence-electron chi connectivity index (χ4n) is 2.61. The number of nitriles is 1. The van der Waals surface area contributed by atoms with Gasteiger partial charge in [0, 0.05) is 21.1 Å². The number of hydrogen-bond acceptors (Lipinski definition) is 2. The highest BCUT2D eigenvalue weighted by molar-refractivity contribution is 9.10. The summed E-state index contributed by atoms with van der Waals surface area (Å²) in [7, 11) is 0. The zero-order valence-electron chi connectivity index (χ0n) is 10.8. The van der Waals surface area contributed by atoms with Crippen LogP contribution in [0, 0.1) is 11.3 Å². The summed E-state index contributed by atoms with van der Waals surface area (Å²) in [6.07, 6.45) is 7.44. The highest BCUT2D eigenvalue weighted by Gasteiger charge is 2.20. The summed E-state index contributed by atoms with van der Waals surface area (Å²) in [6, 6.07) is 8.10. The summed E-state index contributed by atoms with van der Waals surface area (Å²) in [5.74, 6) is 0. The van der Waals surface area contributed by atoms with Gasteiger partial charge in [0.25, 0.3) is 0 Å². The third kappa shape index (κ3) is 4.21. The third-order valence-electron chi connectivity index (χ3n) is 3.66. The molecule has 2 nitrogen and oxygen atoms in total. The van der Waals surface area contributed by atoms with Gasteiger partial charge in [-0.1, -0.05) is 53.2 Å². The monoisotopic (exact) mass is 340 g/mol. The minimum absolute atomic E-state index is 0.326. The van der Waals surface area contributed by atoms with Crippen LogP contribution in [-0.2, 0) is 0 Å². The van der Waals surface area contributed by atoms with E-state index in [4.69, 9.17) is 11.6 Å². The van der Waals surface area contributed by atoms with E-state index in [0.29, 0.717) is 11.1 Å². The van der Waals surface area contributed by atoms with Crippen molar-refractivity contribution < 1.29 is 0 Å². The van der Waals surface area contributed by atoms with E-state index in [0.717, 1.165) is 22.9 Å². The lowest BCUT2D eigenvalue weighted by Gasteiger charge is -2.21. The van der Waals surface area contributed by atoms with E-state index in [-0.39, 0.29) is 6.04 Å². The summed E-state index contributed by atoms with van der Waals surface area (Å²) in [5.41, 5.74) is 0.864. The average Bonchev–Trinajstić information content (AvgIpc) is 2.67. The summed E-state index contributed by atoms with van der Waals surface area (Å²) < 4.78 is 0.954. The zero-order chi connectivity index (χ0) is 13.7. The Hall–Kier alpha value is -0.560. The van der Waals surface area contributed by atoms with Crippen LogP contribution in [0.25, 0.3) is 0 Å². The first-order valence-electron chi connectivity index (χ1n) is 6.81. The summed E-state index contributed by atoms with van der Waals surface area (Å²) in [4.78, 5) is 0. The zero-order valence-corrected chi connectivity index (χ0v) is 13.2. The molecule has 102 valence electrons. The lowest BCUT2D eigenvalue weighted by atomic mass is 10.0. The van der Waals surface area contributed by atoms with Crippen molar-refractivity contribution in [1.29, 1.82) is 5.26 Å². The number of benzene rings is 1. The molecule has 1 aliphatic rings. The molecule has 0 amide bonds. The topological polar surface area (TPSA) is 35.8 Å². The number of nitrogens with zero attached hydrogens (tertiary/aromatic N) is 1. The van der Waals surface area contributed by atoms with Gasteiger partial charge >= 0.3 is 0 Å². The lowest BCUT2D eigenvalue weighted by molar-refractivity contribution is 0.436. The maximum Gasteiger partial charge on any atom is 0.123 e. The van der Waals surface area contributed by atoms with Crippen molar-refractivity contribution in [3.8, 4) is 6.07 Å². The van der Waals surface area contributed by atoms with Gasteiger partial charge in [-0.3, -0.25) is 5.32 Å². The number of halogens is 2. The first-order chi connectivity index (χ1) is 9.20. The molecule has 2 rings (SSSR count). The highest BCUT2D eigenvalue weighted by Crippen LogP contribution is 2.28. The van der Waals surface area contributed by atoms with Gasteiger partial charge in [-0.25, -0.2) is 0 Å². The number of rotatable bonds is 3.